The first kappa shape index (κ1) is 30.3. The Kier molecular flexibility index (Phi) is 8.33. The molecule has 0 unspecified atom stereocenters. The molecule has 2 aromatic heterocycles. The zero-order valence-electron chi connectivity index (χ0n) is 24.7. The van der Waals surface area contributed by atoms with Crippen molar-refractivity contribution in [1.82, 2.24) is 14.7 Å². The molecule has 3 aromatic rings. The maximum atomic E-state index is 13.6. The monoisotopic (exact) mass is 581 g/mol. The second-order valence-corrected chi connectivity index (χ2v) is 13.7. The number of benzene rings is 1. The lowest BCUT2D eigenvalue weighted by molar-refractivity contribution is -0.0630. The number of nitrogens with one attached hydrogen (secondary N) is 1. The molecule has 1 amide bonds. The Morgan fingerprint density at radius 1 is 1.12 bits per heavy atom. The van der Waals surface area contributed by atoms with Crippen LogP contribution in [0.2, 0.25) is 0 Å². The molecule has 0 bridgehead atoms. The number of carbonyl (C=O) groups excluding carboxylic acids is 1. The number of aryl methyl sites for hydroxylation is 1. The summed E-state index contributed by atoms with van der Waals surface area (Å²) >= 11 is 0. The molecule has 0 spiro atoms. The fraction of sp³-hybridized carbons (Fsp3) is 0.433. The van der Waals surface area contributed by atoms with Crippen LogP contribution in [0, 0.1) is 12.8 Å². The van der Waals surface area contributed by atoms with Gasteiger partial charge in [-0.1, -0.05) is 19.9 Å². The molecular formula is C30H39N5O5S. The van der Waals surface area contributed by atoms with E-state index in [4.69, 9.17) is 20.2 Å². The molecule has 1 saturated heterocycles. The smallest absolute Gasteiger partial charge is 0.281 e. The van der Waals surface area contributed by atoms with E-state index in [-0.39, 0.29) is 16.4 Å². The van der Waals surface area contributed by atoms with Crippen LogP contribution in [0.1, 0.15) is 57.5 Å². The predicted octanol–water partition coefficient (Wildman–Crippen LogP) is 4.58. The van der Waals surface area contributed by atoms with Crippen molar-refractivity contribution in [2.75, 3.05) is 30.4 Å². The largest absolute Gasteiger partial charge is 0.493 e. The minimum atomic E-state index is -4.29. The number of pyridine rings is 2. The first-order valence-corrected chi connectivity index (χ1v) is 15.0. The van der Waals surface area contributed by atoms with Gasteiger partial charge in [-0.15, -0.1) is 0 Å². The van der Waals surface area contributed by atoms with Gasteiger partial charge in [0, 0.05) is 12.1 Å². The second-order valence-electron chi connectivity index (χ2n) is 12.1. The van der Waals surface area contributed by atoms with Crippen LogP contribution >= 0.6 is 0 Å². The normalized spacial score (nSPS) is 16.4. The maximum absolute atomic E-state index is 13.6. The van der Waals surface area contributed by atoms with Crippen LogP contribution in [0.5, 0.6) is 5.75 Å². The summed E-state index contributed by atoms with van der Waals surface area (Å²) in [4.78, 5) is 24.4. The van der Waals surface area contributed by atoms with Crippen molar-refractivity contribution in [3.8, 4) is 17.0 Å². The van der Waals surface area contributed by atoms with Gasteiger partial charge in [-0.25, -0.2) is 14.7 Å². The number of nitrogens with two attached hydrogens (primary N) is 1. The number of hydrogen-bond donors (Lipinski definition) is 2. The van der Waals surface area contributed by atoms with Crippen molar-refractivity contribution in [1.29, 1.82) is 0 Å². The van der Waals surface area contributed by atoms with Gasteiger partial charge in [-0.2, -0.15) is 8.42 Å². The predicted molar refractivity (Wildman–Crippen MR) is 160 cm³/mol. The van der Waals surface area contributed by atoms with Gasteiger partial charge in [-0.3, -0.25) is 4.79 Å². The summed E-state index contributed by atoms with van der Waals surface area (Å²) in [7, 11) is -4.29. The second kappa shape index (κ2) is 11.3. The number of amides is 1. The lowest BCUT2D eigenvalue weighted by Crippen LogP contribution is -2.60. The molecule has 0 atom stereocenters. The molecule has 0 saturated carbocycles. The number of aromatic nitrogens is 2. The third-order valence-electron chi connectivity index (χ3n) is 6.64. The number of anilines is 2. The van der Waals surface area contributed by atoms with Crippen molar-refractivity contribution in [3.05, 3.63) is 59.7 Å². The third-order valence-corrected chi connectivity index (χ3v) is 7.87. The SMILES string of the molecule is Cc1cc(OCC(C)C)cc(-c2ccc(C(=O)NS(=O)(=O)c3cccc(N)n3)c(N3CC(C)(C)OCC3(C)C)n2)c1. The minimum Gasteiger partial charge on any atom is -0.493 e. The number of ether oxygens (including phenoxy) is 2. The van der Waals surface area contributed by atoms with E-state index in [9.17, 15) is 13.2 Å². The van der Waals surface area contributed by atoms with Gasteiger partial charge in [0.25, 0.3) is 15.9 Å². The van der Waals surface area contributed by atoms with Crippen molar-refractivity contribution >= 4 is 27.6 Å². The Labute approximate surface area is 242 Å². The van der Waals surface area contributed by atoms with E-state index < -0.39 is 27.1 Å². The number of sulfonamides is 1. The minimum absolute atomic E-state index is 0.0271. The molecule has 1 aliphatic heterocycles. The molecule has 1 fully saturated rings. The third kappa shape index (κ3) is 7.15. The van der Waals surface area contributed by atoms with Crippen LogP contribution in [-0.4, -0.2) is 55.2 Å². The number of nitrogen functional groups attached to an aromatic ring is 1. The van der Waals surface area contributed by atoms with E-state index in [1.807, 2.05) is 57.7 Å². The zero-order chi connectivity index (χ0) is 30.2. The lowest BCUT2D eigenvalue weighted by Gasteiger charge is -2.49. The van der Waals surface area contributed by atoms with E-state index in [1.54, 1.807) is 12.1 Å². The van der Waals surface area contributed by atoms with Crippen LogP contribution in [-0.2, 0) is 14.8 Å². The van der Waals surface area contributed by atoms with Gasteiger partial charge in [-0.05, 0) is 88.6 Å². The molecule has 0 radical (unpaired) electrons. The van der Waals surface area contributed by atoms with Crippen LogP contribution < -0.4 is 20.1 Å². The first-order valence-electron chi connectivity index (χ1n) is 13.5. The molecule has 1 aliphatic rings. The summed E-state index contributed by atoms with van der Waals surface area (Å²) in [5.74, 6) is 0.649. The van der Waals surface area contributed by atoms with Crippen molar-refractivity contribution in [2.45, 2.75) is 64.6 Å². The molecule has 1 aromatic carbocycles. The van der Waals surface area contributed by atoms with E-state index >= 15 is 0 Å². The average Bonchev–Trinajstić information content (AvgIpc) is 2.88. The number of rotatable bonds is 8. The fourth-order valence-electron chi connectivity index (χ4n) is 4.50. The highest BCUT2D eigenvalue weighted by Crippen LogP contribution is 2.36. The van der Waals surface area contributed by atoms with Gasteiger partial charge in [0.15, 0.2) is 5.03 Å². The highest BCUT2D eigenvalue weighted by molar-refractivity contribution is 7.90. The van der Waals surface area contributed by atoms with Gasteiger partial charge in [0.2, 0.25) is 0 Å². The van der Waals surface area contributed by atoms with Crippen LogP contribution in [0.3, 0.4) is 0 Å². The Morgan fingerprint density at radius 2 is 1.85 bits per heavy atom. The molecule has 11 heteroatoms. The molecule has 220 valence electrons. The quantitative estimate of drug-likeness (QED) is 0.392. The van der Waals surface area contributed by atoms with Crippen LogP contribution in [0.15, 0.2) is 53.6 Å². The van der Waals surface area contributed by atoms with Gasteiger partial charge < -0.3 is 20.1 Å². The summed E-state index contributed by atoms with van der Waals surface area (Å²) in [6.45, 7) is 15.5. The van der Waals surface area contributed by atoms with E-state index in [0.717, 1.165) is 16.9 Å². The topological polar surface area (TPSA) is 137 Å². The van der Waals surface area contributed by atoms with E-state index in [2.05, 4.69) is 23.6 Å². The number of nitrogens with zero attached hydrogens (tertiary/aromatic N) is 3. The number of carbonyl (C=O) groups is 1. The summed E-state index contributed by atoms with van der Waals surface area (Å²) in [6, 6.07) is 13.4. The molecule has 0 aliphatic carbocycles. The highest BCUT2D eigenvalue weighted by Gasteiger charge is 2.41. The van der Waals surface area contributed by atoms with Gasteiger partial charge in [0.1, 0.15) is 17.4 Å². The standard InChI is InChI=1S/C30H39N5O5S/c1-19(2)16-39-22-14-20(3)13-21(15-22)24-12-11-23(27(32-24)35-17-30(6,7)40-18-29(35,4)5)28(36)34-41(37,38)26-10-8-9-25(31)33-26/h8-15,19H,16-18H2,1-7H3,(H2,31,33)(H,34,36). The van der Waals surface area contributed by atoms with E-state index in [0.29, 0.717) is 37.2 Å². The Morgan fingerprint density at radius 3 is 2.54 bits per heavy atom. The lowest BCUT2D eigenvalue weighted by atomic mass is 9.95. The van der Waals surface area contributed by atoms with Crippen molar-refractivity contribution in [3.63, 3.8) is 0 Å². The Balaban J connectivity index is 1.80. The number of hydrogen-bond acceptors (Lipinski definition) is 9. The highest BCUT2D eigenvalue weighted by atomic mass is 32.2. The molecular weight excluding hydrogens is 542 g/mol. The Hall–Kier alpha value is -3.70. The summed E-state index contributed by atoms with van der Waals surface area (Å²) in [5, 5.41) is -0.349. The van der Waals surface area contributed by atoms with Crippen LogP contribution in [0.4, 0.5) is 11.6 Å². The Bertz CT molecular complexity index is 1550. The average molecular weight is 582 g/mol. The van der Waals surface area contributed by atoms with Gasteiger partial charge in [0.05, 0.1) is 35.6 Å². The molecule has 3 N–H and O–H groups in total. The molecule has 10 nitrogen and oxygen atoms in total. The van der Waals surface area contributed by atoms with Crippen LogP contribution in [0.25, 0.3) is 11.3 Å². The van der Waals surface area contributed by atoms with Crippen molar-refractivity contribution < 1.29 is 22.7 Å². The number of morpholine rings is 1. The summed E-state index contributed by atoms with van der Waals surface area (Å²) < 4.78 is 40.3. The summed E-state index contributed by atoms with van der Waals surface area (Å²) in [6.07, 6.45) is 0. The zero-order valence-corrected chi connectivity index (χ0v) is 25.5. The maximum Gasteiger partial charge on any atom is 0.281 e. The molecule has 4 rings (SSSR count). The summed E-state index contributed by atoms with van der Waals surface area (Å²) in [5.41, 5.74) is 7.15. The molecule has 3 heterocycles. The molecule has 41 heavy (non-hydrogen) atoms. The van der Waals surface area contributed by atoms with Crippen molar-refractivity contribution in [2.24, 2.45) is 5.92 Å². The fourth-order valence-corrected chi connectivity index (χ4v) is 5.44. The van der Waals surface area contributed by atoms with E-state index in [1.165, 1.54) is 18.2 Å². The van der Waals surface area contributed by atoms with Gasteiger partial charge >= 0.3 is 0 Å². The first-order chi connectivity index (χ1) is 19.1.